The first-order chi connectivity index (χ1) is 26.4. The zero-order valence-corrected chi connectivity index (χ0v) is 33.6. The van der Waals surface area contributed by atoms with E-state index in [0.717, 1.165) is 19.4 Å². The van der Waals surface area contributed by atoms with E-state index in [0.29, 0.717) is 6.42 Å². The number of halogens is 1. The lowest BCUT2D eigenvalue weighted by atomic mass is 9.79. The van der Waals surface area contributed by atoms with Gasteiger partial charge < -0.3 is 47.8 Å². The highest BCUT2D eigenvalue weighted by Crippen LogP contribution is 2.51. The van der Waals surface area contributed by atoms with Crippen LogP contribution in [0.15, 0.2) is 109 Å². The van der Waals surface area contributed by atoms with Gasteiger partial charge in [0.2, 0.25) is 11.6 Å². The Morgan fingerprint density at radius 3 is 2.18 bits per heavy atom. The highest BCUT2D eigenvalue weighted by Gasteiger charge is 2.45. The predicted octanol–water partition coefficient (Wildman–Crippen LogP) is 3.27. The van der Waals surface area contributed by atoms with E-state index in [-0.39, 0.29) is 35.6 Å². The molecule has 0 bridgehead atoms. The molecule has 1 saturated heterocycles. The first kappa shape index (κ1) is 41.3. The fourth-order valence-corrected chi connectivity index (χ4v) is 9.07. The molecular formula is C46H54ClN3O6. The van der Waals surface area contributed by atoms with Gasteiger partial charge in [0.05, 0.1) is 12.0 Å². The summed E-state index contributed by atoms with van der Waals surface area (Å²) >= 11 is 0. The number of carbonyl (C=O) groups excluding carboxylic acids is 1. The molecule has 3 heterocycles. The number of benzene rings is 4. The van der Waals surface area contributed by atoms with E-state index < -0.39 is 37.3 Å². The summed E-state index contributed by atoms with van der Waals surface area (Å²) in [5, 5.41) is 47.8. The lowest BCUT2D eigenvalue weighted by Crippen LogP contribution is -3.00. The van der Waals surface area contributed by atoms with Crippen LogP contribution in [-0.2, 0) is 20.4 Å². The molecule has 10 heteroatoms. The van der Waals surface area contributed by atoms with E-state index in [2.05, 4.69) is 153 Å². The Morgan fingerprint density at radius 2 is 1.48 bits per heavy atom. The molecule has 0 aromatic heterocycles. The lowest BCUT2D eigenvalue weighted by Gasteiger charge is -2.40. The number of fused-ring (bicyclic) bond motifs is 6. The van der Waals surface area contributed by atoms with Crippen LogP contribution in [0.5, 0.6) is 0 Å². The number of hydrogen-bond acceptors (Lipinski definition) is 7. The summed E-state index contributed by atoms with van der Waals surface area (Å²) < 4.78 is 7.49. The summed E-state index contributed by atoms with van der Waals surface area (Å²) in [7, 11) is 2.15. The molecule has 7 rings (SSSR count). The maximum Gasteiger partial charge on any atom is 0.220 e. The van der Waals surface area contributed by atoms with E-state index in [4.69, 9.17) is 4.74 Å². The van der Waals surface area contributed by atoms with Gasteiger partial charge in [-0.05, 0) is 72.0 Å². The minimum absolute atomic E-state index is 0. The molecule has 3 aliphatic rings. The number of anilines is 1. The van der Waals surface area contributed by atoms with Gasteiger partial charge >= 0.3 is 0 Å². The second-order valence-electron chi connectivity index (χ2n) is 16.1. The minimum Gasteiger partial charge on any atom is -1.00 e. The van der Waals surface area contributed by atoms with Crippen molar-refractivity contribution in [3.8, 4) is 0 Å². The molecule has 4 aromatic rings. The summed E-state index contributed by atoms with van der Waals surface area (Å²) in [6, 6.07) is 24.9. The average molecular weight is 780 g/mol. The molecule has 9 nitrogen and oxygen atoms in total. The molecule has 0 radical (unpaired) electrons. The third-order valence-corrected chi connectivity index (χ3v) is 11.9. The van der Waals surface area contributed by atoms with Crippen molar-refractivity contribution >= 4 is 44.5 Å². The number of hydrogen-bond donors (Lipinski definition) is 5. The molecule has 5 atom stereocenters. The molecule has 3 aliphatic heterocycles. The van der Waals surface area contributed by atoms with Crippen molar-refractivity contribution in [2.45, 2.75) is 94.9 Å². The Hall–Kier alpha value is -4.35. The number of allylic oxidation sites excluding steroid dienone is 6. The molecule has 5 N–H and O–H groups in total. The number of aliphatic hydroxyl groups excluding tert-OH is 4. The summed E-state index contributed by atoms with van der Waals surface area (Å²) in [4.78, 5) is 15.2. The summed E-state index contributed by atoms with van der Waals surface area (Å²) in [6.07, 6.45) is 7.80. The second kappa shape index (κ2) is 16.6. The molecule has 296 valence electrons. The number of nitrogens with one attached hydrogen (secondary N) is 1. The maximum atomic E-state index is 12.8. The third kappa shape index (κ3) is 7.44. The number of nitrogens with zero attached hydrogens (tertiary/aromatic N) is 2. The maximum absolute atomic E-state index is 12.8. The minimum atomic E-state index is -1.53. The van der Waals surface area contributed by atoms with Crippen molar-refractivity contribution in [1.82, 2.24) is 5.32 Å². The van der Waals surface area contributed by atoms with Gasteiger partial charge in [0.1, 0.15) is 31.4 Å². The number of aliphatic hydroxyl groups is 4. The van der Waals surface area contributed by atoms with E-state index in [9.17, 15) is 25.2 Å². The number of ether oxygens (including phenoxy) is 1. The van der Waals surface area contributed by atoms with Crippen LogP contribution >= 0.6 is 0 Å². The topological polar surface area (TPSA) is 126 Å². The van der Waals surface area contributed by atoms with Crippen molar-refractivity contribution in [1.29, 1.82) is 0 Å². The Bertz CT molecular complexity index is 2230. The molecule has 0 aliphatic carbocycles. The number of rotatable bonds is 11. The summed E-state index contributed by atoms with van der Waals surface area (Å²) in [5.74, 6) is -0.346. The van der Waals surface area contributed by atoms with Crippen LogP contribution in [0.2, 0.25) is 0 Å². The van der Waals surface area contributed by atoms with Crippen LogP contribution in [-0.4, -0.2) is 87.5 Å². The van der Waals surface area contributed by atoms with Gasteiger partial charge in [-0.3, -0.25) is 4.79 Å². The van der Waals surface area contributed by atoms with Crippen molar-refractivity contribution in [2.75, 3.05) is 25.1 Å². The van der Waals surface area contributed by atoms with E-state index in [1.807, 2.05) is 0 Å². The van der Waals surface area contributed by atoms with Gasteiger partial charge in [0, 0.05) is 47.5 Å². The summed E-state index contributed by atoms with van der Waals surface area (Å²) in [6.45, 7) is 9.42. The quantitative estimate of drug-likeness (QED) is 0.0900. The Balaban J connectivity index is 0.00000532. The predicted molar refractivity (Wildman–Crippen MR) is 219 cm³/mol. The molecule has 4 aromatic carbocycles. The van der Waals surface area contributed by atoms with Crippen LogP contribution in [0.1, 0.15) is 64.5 Å². The van der Waals surface area contributed by atoms with Crippen molar-refractivity contribution in [3.05, 3.63) is 120 Å². The molecule has 0 unspecified atom stereocenters. The second-order valence-corrected chi connectivity index (χ2v) is 16.1. The van der Waals surface area contributed by atoms with E-state index >= 15 is 0 Å². The Labute approximate surface area is 335 Å². The molecule has 0 saturated carbocycles. The van der Waals surface area contributed by atoms with Crippen molar-refractivity contribution in [3.63, 3.8) is 0 Å². The normalized spacial score (nSPS) is 24.7. The number of unbranched alkanes of at least 4 members (excludes halogenated alkanes) is 2. The molecule has 56 heavy (non-hydrogen) atoms. The standard InChI is InChI=1S/C46H53N3O6.ClH/c1-45(2)36(48(5)33-25-23-29-16-11-13-18-31(29)39(33)45)20-8-6-9-21-37-46(3,4)40-32-19-14-12-17-30(32)24-26-34(40)49(37)27-15-7-10-22-38(51)47-41-43(53)42(52)35(28-50)55-44(41)54;/h6,8-9,11-14,16-21,23-26,35,41-44,50,52-54H,7,10,15,22,27-28H2,1-5H3;1H/t35-,41-,42-,43-,44-;/m1./s1. The molecule has 1 fully saturated rings. The van der Waals surface area contributed by atoms with Gasteiger partial charge in [-0.15, -0.1) is 0 Å². The SMILES string of the molecule is C[N+]1=C(/C=C/C=C/C=C2/N(CCCCCC(=O)N[C@@H]3[C@@H](O)[C@H](O)[C@@H](CO)O[C@H]3O)c3ccc4ccccc4c3C2(C)C)C(C)(C)c2c1ccc1ccccc21.[Cl-]. The lowest BCUT2D eigenvalue weighted by molar-refractivity contribution is -0.401. The largest absolute Gasteiger partial charge is 1.00 e. The fourth-order valence-electron chi connectivity index (χ4n) is 9.07. The smallest absolute Gasteiger partial charge is 0.220 e. The molecule has 1 amide bonds. The molecular weight excluding hydrogens is 726 g/mol. The van der Waals surface area contributed by atoms with Crippen LogP contribution in [0.3, 0.4) is 0 Å². The zero-order valence-electron chi connectivity index (χ0n) is 32.8. The van der Waals surface area contributed by atoms with Crippen LogP contribution < -0.4 is 22.6 Å². The fraction of sp³-hybridized carbons (Fsp3) is 0.391. The van der Waals surface area contributed by atoms with E-state index in [1.165, 1.54) is 55.5 Å². The van der Waals surface area contributed by atoms with Crippen LogP contribution in [0.25, 0.3) is 21.5 Å². The van der Waals surface area contributed by atoms with Gasteiger partial charge in [-0.2, -0.15) is 4.58 Å². The van der Waals surface area contributed by atoms with Gasteiger partial charge in [-0.1, -0.05) is 93.1 Å². The summed E-state index contributed by atoms with van der Waals surface area (Å²) in [5.41, 5.74) is 7.18. The zero-order chi connectivity index (χ0) is 39.1. The van der Waals surface area contributed by atoms with Gasteiger partial charge in [-0.25, -0.2) is 0 Å². The van der Waals surface area contributed by atoms with Crippen molar-refractivity contribution < 1.29 is 46.9 Å². The Kier molecular flexibility index (Phi) is 12.3. The first-order valence-electron chi connectivity index (χ1n) is 19.4. The highest BCUT2D eigenvalue weighted by atomic mass is 35.5. The van der Waals surface area contributed by atoms with Crippen LogP contribution in [0, 0.1) is 0 Å². The Morgan fingerprint density at radius 1 is 0.821 bits per heavy atom. The van der Waals surface area contributed by atoms with Gasteiger partial charge in [0.15, 0.2) is 12.0 Å². The van der Waals surface area contributed by atoms with Crippen LogP contribution in [0.4, 0.5) is 11.4 Å². The van der Waals surface area contributed by atoms with Gasteiger partial charge in [0.25, 0.3) is 0 Å². The van der Waals surface area contributed by atoms with Crippen molar-refractivity contribution in [2.24, 2.45) is 0 Å². The average Bonchev–Trinajstić information content (AvgIpc) is 3.51. The monoisotopic (exact) mass is 779 g/mol. The molecule has 0 spiro atoms. The first-order valence-corrected chi connectivity index (χ1v) is 19.4. The highest BCUT2D eigenvalue weighted by molar-refractivity contribution is 6.07. The third-order valence-electron chi connectivity index (χ3n) is 11.9. The number of amides is 1. The van der Waals surface area contributed by atoms with E-state index in [1.54, 1.807) is 0 Å². The number of carbonyl (C=O) groups is 1.